The fourth-order valence-corrected chi connectivity index (χ4v) is 8.30. The molecule has 4 rings (SSSR count). The van der Waals surface area contributed by atoms with Gasteiger partial charge in [-0.15, -0.1) is 0 Å². The van der Waals surface area contributed by atoms with Crippen LogP contribution in [0.1, 0.15) is 42.0 Å². The topological polar surface area (TPSA) is 58.9 Å². The number of alkyl halides is 3. The number of hydrogen-bond acceptors (Lipinski definition) is 4. The standard InChI is InChI=1S/C19H20Br4O4.C14H9Cl5/c1-19(2,11-7-13(20)17(14(21)8-11)26-5-3-24)12-9-15(22)18(16(23)10-12)27-6-4-25;15-11-5-1-9(2-6-11)13(14(17,18)19)10-3-7-12(16)8-4-10/h7-10,24-25H,3-6H2,1-2H3;1-8,13H. The lowest BCUT2D eigenvalue weighted by molar-refractivity contribution is 0.200. The van der Waals surface area contributed by atoms with E-state index in [4.69, 9.17) is 77.7 Å². The van der Waals surface area contributed by atoms with E-state index >= 15 is 0 Å². The molecule has 0 unspecified atom stereocenters. The molecule has 0 aliphatic rings. The molecule has 0 fully saturated rings. The molecular weight excluding hydrogens is 957 g/mol. The van der Waals surface area contributed by atoms with Crippen LogP contribution in [0.4, 0.5) is 0 Å². The second-order valence-corrected chi connectivity index (χ2v) is 17.0. The van der Waals surface area contributed by atoms with Crippen molar-refractivity contribution in [3.05, 3.63) is 123 Å². The van der Waals surface area contributed by atoms with Crippen LogP contribution in [0, 0.1) is 0 Å². The minimum absolute atomic E-state index is 0.0428. The summed E-state index contributed by atoms with van der Waals surface area (Å²) < 4.78 is 13.0. The van der Waals surface area contributed by atoms with Gasteiger partial charge in [-0.05, 0) is 135 Å². The molecule has 4 aromatic carbocycles. The molecule has 13 heteroatoms. The van der Waals surface area contributed by atoms with Crippen LogP contribution >= 0.6 is 122 Å². The van der Waals surface area contributed by atoms with Crippen molar-refractivity contribution in [2.24, 2.45) is 0 Å². The lowest BCUT2D eigenvalue weighted by Gasteiger charge is -2.28. The number of benzene rings is 4. The van der Waals surface area contributed by atoms with Crippen molar-refractivity contribution >= 4 is 122 Å². The summed E-state index contributed by atoms with van der Waals surface area (Å²) in [6.45, 7) is 4.65. The Labute approximate surface area is 328 Å². The molecule has 2 N–H and O–H groups in total. The Hall–Kier alpha value is -0.230. The fourth-order valence-electron chi connectivity index (χ4n) is 4.46. The van der Waals surface area contributed by atoms with Crippen LogP contribution in [-0.2, 0) is 5.41 Å². The molecule has 0 heterocycles. The Balaban J connectivity index is 0.000000266. The minimum atomic E-state index is -1.46. The molecule has 0 aromatic heterocycles. The zero-order chi connectivity index (χ0) is 34.2. The summed E-state index contributed by atoms with van der Waals surface area (Å²) in [5.41, 5.74) is 3.63. The SMILES string of the molecule is CC(C)(c1cc(Br)c(OCCO)c(Br)c1)c1cc(Br)c(OCCO)c(Br)c1.Clc1ccc(C(c2ccc(Cl)cc2)C(Cl)(Cl)Cl)cc1. The van der Waals surface area contributed by atoms with Crippen LogP contribution in [0.25, 0.3) is 0 Å². The Kier molecular flexibility index (Phi) is 15.8. The van der Waals surface area contributed by atoms with Gasteiger partial charge in [-0.25, -0.2) is 0 Å². The van der Waals surface area contributed by atoms with E-state index in [0.29, 0.717) is 21.5 Å². The zero-order valence-corrected chi connectivity index (χ0v) is 34.6. The maximum atomic E-state index is 8.98. The van der Waals surface area contributed by atoms with Crippen LogP contribution in [0.5, 0.6) is 11.5 Å². The summed E-state index contributed by atoms with van der Waals surface area (Å²) in [5.74, 6) is 0.949. The van der Waals surface area contributed by atoms with Crippen molar-refractivity contribution in [1.82, 2.24) is 0 Å². The first-order valence-corrected chi connectivity index (χ1v) is 18.7. The summed E-state index contributed by atoms with van der Waals surface area (Å²) >= 11 is 44.4. The average Bonchev–Trinajstić information content (AvgIpc) is 2.98. The van der Waals surface area contributed by atoms with Gasteiger partial charge in [-0.3, -0.25) is 0 Å². The van der Waals surface area contributed by atoms with E-state index < -0.39 is 3.79 Å². The molecule has 4 nitrogen and oxygen atoms in total. The highest BCUT2D eigenvalue weighted by atomic mass is 79.9. The van der Waals surface area contributed by atoms with Crippen molar-refractivity contribution in [2.45, 2.75) is 29.0 Å². The number of aliphatic hydroxyl groups is 2. The zero-order valence-electron chi connectivity index (χ0n) is 24.4. The monoisotopic (exact) mass is 980 g/mol. The molecular formula is C33H29Br4Cl5O4. The van der Waals surface area contributed by atoms with Crippen LogP contribution in [0.15, 0.2) is 90.7 Å². The number of hydrogen-bond donors (Lipinski definition) is 2. The van der Waals surface area contributed by atoms with E-state index in [1.807, 2.05) is 48.5 Å². The third-order valence-corrected chi connectivity index (χ3v) is 10.4. The summed E-state index contributed by atoms with van der Waals surface area (Å²) in [6.07, 6.45) is 0. The van der Waals surface area contributed by atoms with E-state index in [0.717, 1.165) is 40.1 Å². The van der Waals surface area contributed by atoms with Crippen molar-refractivity contribution in [3.8, 4) is 11.5 Å². The van der Waals surface area contributed by atoms with Gasteiger partial charge in [0.1, 0.15) is 24.7 Å². The van der Waals surface area contributed by atoms with E-state index in [1.54, 1.807) is 24.3 Å². The number of rotatable bonds is 10. The Morgan fingerprint density at radius 2 is 0.913 bits per heavy atom. The van der Waals surface area contributed by atoms with Gasteiger partial charge in [0.05, 0.1) is 37.0 Å². The van der Waals surface area contributed by atoms with Crippen molar-refractivity contribution in [1.29, 1.82) is 0 Å². The predicted octanol–water partition coefficient (Wildman–Crippen LogP) is 12.3. The maximum Gasteiger partial charge on any atom is 0.201 e. The number of halogens is 9. The minimum Gasteiger partial charge on any atom is -0.489 e. The number of aliphatic hydroxyl groups excluding tert-OH is 2. The lowest BCUT2D eigenvalue weighted by atomic mass is 9.78. The molecule has 46 heavy (non-hydrogen) atoms. The smallest absolute Gasteiger partial charge is 0.201 e. The Morgan fingerprint density at radius 3 is 1.17 bits per heavy atom. The number of ether oxygens (including phenoxy) is 2. The third-order valence-electron chi connectivity index (χ3n) is 6.85. The summed E-state index contributed by atoms with van der Waals surface area (Å²) in [6, 6.07) is 22.6. The Morgan fingerprint density at radius 1 is 0.609 bits per heavy atom. The first-order valence-electron chi connectivity index (χ1n) is 13.6. The molecule has 4 aromatic rings. The second kappa shape index (κ2) is 18.1. The van der Waals surface area contributed by atoms with Gasteiger partial charge >= 0.3 is 0 Å². The molecule has 0 bridgehead atoms. The van der Waals surface area contributed by atoms with Gasteiger partial charge in [-0.2, -0.15) is 0 Å². The van der Waals surface area contributed by atoms with Crippen molar-refractivity contribution < 1.29 is 19.7 Å². The highest BCUT2D eigenvalue weighted by Gasteiger charge is 2.35. The van der Waals surface area contributed by atoms with Crippen LogP contribution < -0.4 is 9.47 Å². The molecule has 0 amide bonds. The first kappa shape index (κ1) is 40.2. The van der Waals surface area contributed by atoms with Gasteiger partial charge < -0.3 is 19.7 Å². The second-order valence-electron chi connectivity index (χ2n) is 10.4. The summed E-state index contributed by atoms with van der Waals surface area (Å²) in [5, 5.41) is 19.2. The fraction of sp³-hybridized carbons (Fsp3) is 0.273. The van der Waals surface area contributed by atoms with Gasteiger partial charge in [0.2, 0.25) is 3.79 Å². The van der Waals surface area contributed by atoms with E-state index in [-0.39, 0.29) is 37.8 Å². The lowest BCUT2D eigenvalue weighted by Crippen LogP contribution is -2.19. The van der Waals surface area contributed by atoms with E-state index in [9.17, 15) is 0 Å². The van der Waals surface area contributed by atoms with Gasteiger partial charge in [0.25, 0.3) is 0 Å². The summed E-state index contributed by atoms with van der Waals surface area (Å²) in [4.78, 5) is 0. The van der Waals surface area contributed by atoms with Crippen molar-refractivity contribution in [2.75, 3.05) is 26.4 Å². The highest BCUT2D eigenvalue weighted by Crippen LogP contribution is 2.46. The summed E-state index contributed by atoms with van der Waals surface area (Å²) in [7, 11) is 0. The Bertz CT molecular complexity index is 1440. The van der Waals surface area contributed by atoms with Crippen molar-refractivity contribution in [3.63, 3.8) is 0 Å². The molecule has 0 atom stereocenters. The average molecular weight is 986 g/mol. The van der Waals surface area contributed by atoms with Crippen LogP contribution in [0.2, 0.25) is 10.0 Å². The van der Waals surface area contributed by atoms with Gasteiger partial charge in [0, 0.05) is 15.5 Å². The predicted molar refractivity (Wildman–Crippen MR) is 206 cm³/mol. The third kappa shape index (κ3) is 10.9. The normalized spacial score (nSPS) is 11.7. The molecule has 0 aliphatic carbocycles. The first-order chi connectivity index (χ1) is 21.6. The largest absolute Gasteiger partial charge is 0.489 e. The molecule has 248 valence electrons. The van der Waals surface area contributed by atoms with Crippen LogP contribution in [0.3, 0.4) is 0 Å². The molecule has 0 saturated carbocycles. The van der Waals surface area contributed by atoms with Gasteiger partial charge in [-0.1, -0.05) is 96.1 Å². The van der Waals surface area contributed by atoms with Crippen LogP contribution in [-0.4, -0.2) is 40.4 Å². The quantitative estimate of drug-likeness (QED) is 0.155. The highest BCUT2D eigenvalue weighted by molar-refractivity contribution is 9.11. The molecule has 0 spiro atoms. The van der Waals surface area contributed by atoms with Gasteiger partial charge in [0.15, 0.2) is 0 Å². The van der Waals surface area contributed by atoms with E-state index in [2.05, 4.69) is 77.6 Å². The molecule has 0 aliphatic heterocycles. The molecule has 0 saturated heterocycles. The van der Waals surface area contributed by atoms with E-state index in [1.165, 1.54) is 0 Å². The molecule has 0 radical (unpaired) electrons. The maximum absolute atomic E-state index is 8.98.